The Balaban J connectivity index is 2.01. The Hall–Kier alpha value is -1.39. The van der Waals surface area contributed by atoms with Crippen molar-refractivity contribution in [2.75, 3.05) is 26.2 Å². The van der Waals surface area contributed by atoms with Crippen LogP contribution in [0.1, 0.15) is 30.6 Å². The van der Waals surface area contributed by atoms with Crippen molar-refractivity contribution in [3.63, 3.8) is 0 Å². The van der Waals surface area contributed by atoms with Gasteiger partial charge in [-0.3, -0.25) is 4.79 Å². The fraction of sp³-hybridized carbons (Fsp3) is 0.533. The van der Waals surface area contributed by atoms with Crippen molar-refractivity contribution in [1.29, 1.82) is 0 Å². The van der Waals surface area contributed by atoms with Crippen LogP contribution in [0.15, 0.2) is 24.3 Å². The van der Waals surface area contributed by atoms with Crippen molar-refractivity contribution in [3.05, 3.63) is 35.4 Å². The maximum Gasteiger partial charge on any atom is 0.256 e. The van der Waals surface area contributed by atoms with Crippen LogP contribution < -0.4 is 5.32 Å². The second-order valence-corrected chi connectivity index (χ2v) is 4.97. The lowest BCUT2D eigenvalue weighted by atomic mass is 10.0. The van der Waals surface area contributed by atoms with E-state index in [1.165, 1.54) is 5.56 Å². The van der Waals surface area contributed by atoms with Gasteiger partial charge in [-0.1, -0.05) is 37.6 Å². The van der Waals surface area contributed by atoms with Crippen LogP contribution in [-0.4, -0.2) is 42.1 Å². The van der Waals surface area contributed by atoms with E-state index in [1.807, 2.05) is 24.3 Å². The van der Waals surface area contributed by atoms with Crippen LogP contribution in [0.5, 0.6) is 0 Å². The Morgan fingerprint density at radius 1 is 1.32 bits per heavy atom. The number of aliphatic hydroxyl groups excluding tert-OH is 1. The van der Waals surface area contributed by atoms with Crippen LogP contribution in [0.3, 0.4) is 0 Å². The molecular weight excluding hydrogens is 240 g/mol. The quantitative estimate of drug-likeness (QED) is 0.854. The normalized spacial score (nSPS) is 17.3. The zero-order valence-corrected chi connectivity index (χ0v) is 11.4. The molecule has 1 heterocycles. The lowest BCUT2D eigenvalue weighted by Gasteiger charge is -2.29. The number of hydrogen-bond acceptors (Lipinski definition) is 3. The van der Waals surface area contributed by atoms with Crippen molar-refractivity contribution >= 4 is 5.91 Å². The molecule has 1 fully saturated rings. The number of carbonyl (C=O) groups excluding carboxylic acids is 1. The summed E-state index contributed by atoms with van der Waals surface area (Å²) < 4.78 is 0. The van der Waals surface area contributed by atoms with Gasteiger partial charge in [-0.25, -0.2) is 0 Å². The second-order valence-electron chi connectivity index (χ2n) is 4.97. The number of aliphatic hydroxyl groups is 1. The molecule has 2 N–H and O–H groups in total. The summed E-state index contributed by atoms with van der Waals surface area (Å²) in [5.41, 5.74) is 1.93. The Bertz CT molecular complexity index is 411. The van der Waals surface area contributed by atoms with Gasteiger partial charge in [-0.05, 0) is 17.5 Å². The number of benzene rings is 1. The van der Waals surface area contributed by atoms with Gasteiger partial charge in [0.15, 0.2) is 6.10 Å². The Morgan fingerprint density at radius 3 is 2.53 bits per heavy atom. The molecule has 1 saturated heterocycles. The molecule has 0 aromatic heterocycles. The molecule has 0 bridgehead atoms. The fourth-order valence-electron chi connectivity index (χ4n) is 2.36. The Kier molecular flexibility index (Phi) is 4.93. The molecule has 1 amide bonds. The molecular formula is C15H22N2O2. The third-order valence-corrected chi connectivity index (χ3v) is 3.50. The Labute approximate surface area is 114 Å². The number of aryl methyl sites for hydroxylation is 1. The van der Waals surface area contributed by atoms with Crippen LogP contribution >= 0.6 is 0 Å². The summed E-state index contributed by atoms with van der Waals surface area (Å²) >= 11 is 0. The second kappa shape index (κ2) is 6.68. The molecule has 1 aromatic rings. The number of amides is 1. The molecule has 0 spiro atoms. The van der Waals surface area contributed by atoms with Crippen LogP contribution in [0.2, 0.25) is 0 Å². The van der Waals surface area contributed by atoms with E-state index in [-0.39, 0.29) is 5.91 Å². The number of piperazine rings is 1. The fourth-order valence-corrected chi connectivity index (χ4v) is 2.36. The maximum atomic E-state index is 12.2. The van der Waals surface area contributed by atoms with Crippen LogP contribution in [0.25, 0.3) is 0 Å². The SMILES string of the molecule is CCCc1ccc(C(O)C(=O)N2CCNCC2)cc1. The molecule has 4 nitrogen and oxygen atoms in total. The minimum atomic E-state index is -1.03. The molecule has 19 heavy (non-hydrogen) atoms. The van der Waals surface area contributed by atoms with Gasteiger partial charge >= 0.3 is 0 Å². The molecule has 4 heteroatoms. The van der Waals surface area contributed by atoms with Crippen molar-refractivity contribution in [2.45, 2.75) is 25.9 Å². The van der Waals surface area contributed by atoms with E-state index >= 15 is 0 Å². The topological polar surface area (TPSA) is 52.6 Å². The van der Waals surface area contributed by atoms with Gasteiger partial charge in [-0.2, -0.15) is 0 Å². The first-order valence-corrected chi connectivity index (χ1v) is 6.98. The largest absolute Gasteiger partial charge is 0.378 e. The van der Waals surface area contributed by atoms with E-state index in [0.29, 0.717) is 18.7 Å². The van der Waals surface area contributed by atoms with Crippen LogP contribution in [0, 0.1) is 0 Å². The Morgan fingerprint density at radius 2 is 1.95 bits per heavy atom. The zero-order valence-electron chi connectivity index (χ0n) is 11.4. The van der Waals surface area contributed by atoms with Crippen molar-refractivity contribution in [2.24, 2.45) is 0 Å². The predicted molar refractivity (Wildman–Crippen MR) is 74.8 cm³/mol. The smallest absolute Gasteiger partial charge is 0.256 e. The summed E-state index contributed by atoms with van der Waals surface area (Å²) in [4.78, 5) is 13.9. The third kappa shape index (κ3) is 3.55. The standard InChI is InChI=1S/C15H22N2O2/c1-2-3-12-4-6-13(7-5-12)14(18)15(19)17-10-8-16-9-11-17/h4-7,14,16,18H,2-3,8-11H2,1H3. The monoisotopic (exact) mass is 262 g/mol. The molecule has 1 aliphatic rings. The first kappa shape index (κ1) is 14.0. The molecule has 0 radical (unpaired) electrons. The van der Waals surface area contributed by atoms with E-state index in [1.54, 1.807) is 4.90 Å². The highest BCUT2D eigenvalue weighted by Gasteiger charge is 2.24. The average molecular weight is 262 g/mol. The highest BCUT2D eigenvalue weighted by Crippen LogP contribution is 2.17. The molecule has 2 rings (SSSR count). The highest BCUT2D eigenvalue weighted by molar-refractivity contribution is 5.82. The molecule has 0 saturated carbocycles. The van der Waals surface area contributed by atoms with Crippen molar-refractivity contribution in [1.82, 2.24) is 10.2 Å². The van der Waals surface area contributed by atoms with E-state index in [9.17, 15) is 9.90 Å². The first-order valence-electron chi connectivity index (χ1n) is 6.98. The summed E-state index contributed by atoms with van der Waals surface area (Å²) in [6, 6.07) is 7.70. The molecule has 104 valence electrons. The van der Waals surface area contributed by atoms with Crippen molar-refractivity contribution in [3.8, 4) is 0 Å². The average Bonchev–Trinajstić information content (AvgIpc) is 2.48. The number of nitrogens with zero attached hydrogens (tertiary/aromatic N) is 1. The molecule has 1 aromatic carbocycles. The highest BCUT2D eigenvalue weighted by atomic mass is 16.3. The number of carbonyl (C=O) groups is 1. The van der Waals surface area contributed by atoms with Gasteiger partial charge in [-0.15, -0.1) is 0 Å². The summed E-state index contributed by atoms with van der Waals surface area (Å²) in [5, 5.41) is 13.3. The lowest BCUT2D eigenvalue weighted by Crippen LogP contribution is -2.48. The number of rotatable bonds is 4. The summed E-state index contributed by atoms with van der Waals surface area (Å²) in [5.74, 6) is -0.190. The number of hydrogen-bond donors (Lipinski definition) is 2. The van der Waals surface area contributed by atoms with E-state index < -0.39 is 6.10 Å². The van der Waals surface area contributed by atoms with Crippen LogP contribution in [0.4, 0.5) is 0 Å². The van der Waals surface area contributed by atoms with Gasteiger partial charge in [0.1, 0.15) is 0 Å². The van der Waals surface area contributed by atoms with Gasteiger partial charge in [0.05, 0.1) is 0 Å². The minimum absolute atomic E-state index is 0.190. The van der Waals surface area contributed by atoms with Crippen LogP contribution in [-0.2, 0) is 11.2 Å². The third-order valence-electron chi connectivity index (χ3n) is 3.50. The summed E-state index contributed by atoms with van der Waals surface area (Å²) in [6.45, 7) is 5.08. The predicted octanol–water partition coefficient (Wildman–Crippen LogP) is 1.10. The summed E-state index contributed by atoms with van der Waals surface area (Å²) in [7, 11) is 0. The molecule has 1 unspecified atom stereocenters. The van der Waals surface area contributed by atoms with Gasteiger partial charge in [0.2, 0.25) is 0 Å². The lowest BCUT2D eigenvalue weighted by molar-refractivity contribution is -0.141. The first-order chi connectivity index (χ1) is 9.22. The molecule has 1 aliphatic heterocycles. The van der Waals surface area contributed by atoms with E-state index in [2.05, 4.69) is 12.2 Å². The van der Waals surface area contributed by atoms with E-state index in [4.69, 9.17) is 0 Å². The van der Waals surface area contributed by atoms with Gasteiger partial charge in [0, 0.05) is 26.2 Å². The van der Waals surface area contributed by atoms with Gasteiger partial charge in [0.25, 0.3) is 5.91 Å². The molecule has 1 atom stereocenters. The minimum Gasteiger partial charge on any atom is -0.378 e. The summed E-state index contributed by atoms with van der Waals surface area (Å²) in [6.07, 6.45) is 1.10. The zero-order chi connectivity index (χ0) is 13.7. The van der Waals surface area contributed by atoms with Gasteiger partial charge < -0.3 is 15.3 Å². The number of nitrogens with one attached hydrogen (secondary N) is 1. The van der Waals surface area contributed by atoms with Crippen molar-refractivity contribution < 1.29 is 9.90 Å². The molecule has 0 aliphatic carbocycles. The maximum absolute atomic E-state index is 12.2. The van der Waals surface area contributed by atoms with E-state index in [0.717, 1.165) is 25.9 Å².